The smallest absolute Gasteiger partial charge is 0.202 e. The second kappa shape index (κ2) is 12.7. The molecule has 20 heteroatoms. The molecule has 2 saturated heterocycles. The molecule has 20 nitrogen and oxygen atoms in total. The van der Waals surface area contributed by atoms with Gasteiger partial charge in [-0.25, -0.2) is 0 Å². The number of aliphatic hydroxyl groups is 8. The molecule has 3 fully saturated rings. The lowest BCUT2D eigenvalue weighted by molar-refractivity contribution is -0.315. The van der Waals surface area contributed by atoms with E-state index in [1.165, 1.54) is 7.05 Å². The van der Waals surface area contributed by atoms with Crippen molar-refractivity contribution >= 4 is 18.2 Å². The van der Waals surface area contributed by atoms with Gasteiger partial charge in [0, 0.05) is 0 Å². The highest BCUT2D eigenvalue weighted by atomic mass is 16.8. The Labute approximate surface area is 226 Å². The van der Waals surface area contributed by atoms with Gasteiger partial charge < -0.3 is 87.2 Å². The average molecular weight is 584 g/mol. The summed E-state index contributed by atoms with van der Waals surface area (Å²) >= 11 is 0. The number of hydrogen-bond acceptors (Lipinski definition) is 16. The molecule has 230 valence electrons. The zero-order chi connectivity index (χ0) is 30.1. The first kappa shape index (κ1) is 32.2. The number of carbonyl (C=O) groups is 1. The van der Waals surface area contributed by atoms with E-state index in [1.807, 2.05) is 0 Å². The molecule has 0 radical (unpaired) electrons. The van der Waals surface area contributed by atoms with Crippen LogP contribution in [0.25, 0.3) is 0 Å². The van der Waals surface area contributed by atoms with Crippen molar-refractivity contribution in [3.8, 4) is 0 Å². The molecular formula is C20H37N7O13. The molecule has 0 bridgehead atoms. The van der Waals surface area contributed by atoms with Crippen LogP contribution in [0.15, 0.2) is 0 Å². The fourth-order valence-electron chi connectivity index (χ4n) is 4.97. The van der Waals surface area contributed by atoms with Gasteiger partial charge in [0.15, 0.2) is 43.2 Å². The Hall–Kier alpha value is -2.31. The van der Waals surface area contributed by atoms with Gasteiger partial charge in [-0.3, -0.25) is 15.6 Å². The summed E-state index contributed by atoms with van der Waals surface area (Å²) in [6.45, 7) is -0.756. The molecule has 1 aliphatic carbocycles. The second-order valence-electron chi connectivity index (χ2n) is 9.68. The number of rotatable bonds is 9. The summed E-state index contributed by atoms with van der Waals surface area (Å²) in [6, 6.07) is -4.17. The van der Waals surface area contributed by atoms with E-state index in [9.17, 15) is 45.6 Å². The Bertz CT molecular complexity index is 922. The van der Waals surface area contributed by atoms with E-state index < -0.39 is 110 Å². The van der Waals surface area contributed by atoms with Crippen LogP contribution in [-0.4, -0.2) is 164 Å². The third-order valence-electron chi connectivity index (χ3n) is 7.13. The van der Waals surface area contributed by atoms with E-state index >= 15 is 0 Å². The number of likely N-dealkylation sites (N-methyl/N-ethyl adjacent to an activating group) is 1. The number of ether oxygens (including phenoxy) is 4. The van der Waals surface area contributed by atoms with E-state index in [1.54, 1.807) is 0 Å². The SMILES string of the molecule is CN[C@@H]1C(OC2C(O[C@@H]3[C@@H](O)[C@H](O)[C@@H](NC(=N)N)[C@H](O)[C@H]3NC(=N)N)O[C@@H](O)[C@]2(O)C=O)O[C@@H](CO)[C@H](O)[C@H]1O. The van der Waals surface area contributed by atoms with Gasteiger partial charge in [0.1, 0.15) is 36.6 Å². The highest BCUT2D eigenvalue weighted by molar-refractivity contribution is 5.75. The number of hydrogen-bond donors (Lipinski definition) is 15. The summed E-state index contributed by atoms with van der Waals surface area (Å²) in [5.74, 6) is -1.37. The quantitative estimate of drug-likeness (QED) is 0.0680. The maximum atomic E-state index is 11.9. The van der Waals surface area contributed by atoms with Crippen molar-refractivity contribution in [1.29, 1.82) is 10.8 Å². The number of nitrogens with two attached hydrogens (primary N) is 2. The van der Waals surface area contributed by atoms with Crippen LogP contribution >= 0.6 is 0 Å². The molecule has 3 unspecified atom stereocenters. The minimum atomic E-state index is -2.83. The molecule has 0 aromatic carbocycles. The standard InChI is InChI=1S/C20H37N7O13/c1-25-7-11(33)8(30)4(2-28)37-15(7)39-14-16(40-17(35)20(14,36)3-29)38-13-6(27-19(23)24)9(31)5(26-18(21)22)10(32)12(13)34/h3-17,25,28,30-36H,2H2,1H3,(H4,21,22,26)(H4,23,24,27)/t4-,5-,6+,7-,8-,9-,10+,11-,12-,13-,14?,15?,16?,17+,20-/m0/s1. The first-order valence-electron chi connectivity index (χ1n) is 12.1. The van der Waals surface area contributed by atoms with Crippen LogP contribution in [-0.2, 0) is 23.7 Å². The summed E-state index contributed by atoms with van der Waals surface area (Å²) in [7, 11) is 1.37. The largest absolute Gasteiger partial charge is 0.394 e. The minimum absolute atomic E-state index is 0.114. The number of nitrogens with one attached hydrogen (secondary N) is 5. The molecule has 0 spiro atoms. The van der Waals surface area contributed by atoms with E-state index in [0.717, 1.165) is 0 Å². The zero-order valence-electron chi connectivity index (χ0n) is 21.1. The molecule has 0 aromatic heterocycles. The lowest BCUT2D eigenvalue weighted by Gasteiger charge is -2.47. The molecule has 2 aliphatic heterocycles. The topological polar surface area (TPSA) is 352 Å². The molecule has 2 heterocycles. The maximum Gasteiger partial charge on any atom is 0.202 e. The van der Waals surface area contributed by atoms with Crippen molar-refractivity contribution in [2.24, 2.45) is 11.5 Å². The summed E-state index contributed by atoms with van der Waals surface area (Å²) in [4.78, 5) is 11.9. The van der Waals surface area contributed by atoms with Crippen molar-refractivity contribution in [2.45, 2.75) is 91.4 Å². The second-order valence-corrected chi connectivity index (χ2v) is 9.68. The number of guanidine groups is 2. The lowest BCUT2D eigenvalue weighted by atomic mass is 9.81. The molecule has 0 amide bonds. The highest BCUT2D eigenvalue weighted by Gasteiger charge is 2.62. The Morgan fingerprint density at radius 1 is 0.875 bits per heavy atom. The van der Waals surface area contributed by atoms with Gasteiger partial charge in [0.2, 0.25) is 5.60 Å². The molecule has 1 saturated carbocycles. The fraction of sp³-hybridized carbons (Fsp3) is 0.850. The molecule has 15 atom stereocenters. The number of aliphatic hydroxyl groups excluding tert-OH is 7. The van der Waals surface area contributed by atoms with Crippen LogP contribution in [0.5, 0.6) is 0 Å². The number of aldehydes is 1. The molecule has 3 aliphatic rings. The Kier molecular flexibility index (Phi) is 10.2. The van der Waals surface area contributed by atoms with Crippen LogP contribution in [0.2, 0.25) is 0 Å². The summed E-state index contributed by atoms with van der Waals surface area (Å²) in [6.07, 6.45) is -19.6. The first-order chi connectivity index (χ1) is 18.7. The van der Waals surface area contributed by atoms with E-state index in [0.29, 0.717) is 0 Å². The minimum Gasteiger partial charge on any atom is -0.394 e. The van der Waals surface area contributed by atoms with Crippen LogP contribution in [0.3, 0.4) is 0 Å². The summed E-state index contributed by atoms with van der Waals surface area (Å²) < 4.78 is 22.1. The van der Waals surface area contributed by atoms with Gasteiger partial charge in [0.05, 0.1) is 30.8 Å². The molecule has 3 rings (SSSR count). The normalized spacial score (nSPS) is 47.4. The number of carbonyl (C=O) groups excluding carboxylic acids is 1. The van der Waals surface area contributed by atoms with Gasteiger partial charge in [-0.2, -0.15) is 0 Å². The van der Waals surface area contributed by atoms with Crippen LogP contribution < -0.4 is 27.4 Å². The van der Waals surface area contributed by atoms with Gasteiger partial charge >= 0.3 is 0 Å². The molecular weight excluding hydrogens is 546 g/mol. The predicted octanol–water partition coefficient (Wildman–Crippen LogP) is -8.81. The Balaban J connectivity index is 1.94. The van der Waals surface area contributed by atoms with Gasteiger partial charge in [-0.05, 0) is 7.05 Å². The first-order valence-corrected chi connectivity index (χ1v) is 12.1. The predicted molar refractivity (Wildman–Crippen MR) is 128 cm³/mol. The molecule has 40 heavy (non-hydrogen) atoms. The summed E-state index contributed by atoms with van der Waals surface area (Å²) in [5, 5.41) is 106. The Morgan fingerprint density at radius 3 is 1.98 bits per heavy atom. The van der Waals surface area contributed by atoms with Gasteiger partial charge in [0.25, 0.3) is 0 Å². The fourth-order valence-corrected chi connectivity index (χ4v) is 4.97. The highest BCUT2D eigenvalue weighted by Crippen LogP contribution is 2.37. The van der Waals surface area contributed by atoms with E-state index in [4.69, 9.17) is 41.2 Å². The maximum absolute atomic E-state index is 11.9. The molecule has 17 N–H and O–H groups in total. The lowest BCUT2D eigenvalue weighted by Crippen LogP contribution is -2.73. The van der Waals surface area contributed by atoms with Crippen molar-refractivity contribution in [3.05, 3.63) is 0 Å². The third kappa shape index (κ3) is 5.99. The monoisotopic (exact) mass is 583 g/mol. The Morgan fingerprint density at radius 2 is 1.45 bits per heavy atom. The van der Waals surface area contributed by atoms with Crippen molar-refractivity contribution in [1.82, 2.24) is 16.0 Å². The van der Waals surface area contributed by atoms with Gasteiger partial charge in [-0.15, -0.1) is 0 Å². The van der Waals surface area contributed by atoms with Crippen molar-refractivity contribution < 1.29 is 64.6 Å². The average Bonchev–Trinajstić information content (AvgIpc) is 3.13. The van der Waals surface area contributed by atoms with Crippen LogP contribution in [0.4, 0.5) is 0 Å². The molecule has 0 aromatic rings. The van der Waals surface area contributed by atoms with Crippen LogP contribution in [0.1, 0.15) is 0 Å². The van der Waals surface area contributed by atoms with Crippen LogP contribution in [0, 0.1) is 10.8 Å². The van der Waals surface area contributed by atoms with Crippen molar-refractivity contribution in [3.63, 3.8) is 0 Å². The zero-order valence-corrected chi connectivity index (χ0v) is 21.1. The van der Waals surface area contributed by atoms with E-state index in [-0.39, 0.29) is 6.29 Å². The van der Waals surface area contributed by atoms with Gasteiger partial charge in [-0.1, -0.05) is 0 Å². The third-order valence-corrected chi connectivity index (χ3v) is 7.13. The van der Waals surface area contributed by atoms with Crippen molar-refractivity contribution in [2.75, 3.05) is 13.7 Å². The van der Waals surface area contributed by atoms with E-state index in [2.05, 4.69) is 16.0 Å². The summed E-state index contributed by atoms with van der Waals surface area (Å²) in [5.41, 5.74) is 7.87.